The van der Waals surface area contributed by atoms with Crippen LogP contribution in [0, 0.1) is 11.8 Å². The van der Waals surface area contributed by atoms with Gasteiger partial charge < -0.3 is 16.4 Å². The fraction of sp³-hybridized carbons (Fsp3) is 0.500. The van der Waals surface area contributed by atoms with Crippen LogP contribution in [0.5, 0.6) is 0 Å². The highest BCUT2D eigenvalue weighted by Crippen LogP contribution is 2.21. The summed E-state index contributed by atoms with van der Waals surface area (Å²) in [5.41, 5.74) is 7.09. The lowest BCUT2D eigenvalue weighted by Crippen LogP contribution is -2.27. The molecule has 4 N–H and O–H groups in total. The molecule has 0 bridgehead atoms. The molecule has 0 aliphatic rings. The highest BCUT2D eigenvalue weighted by molar-refractivity contribution is 6.34. The number of anilines is 1. The maximum Gasteiger partial charge on any atom is 0.252 e. The minimum absolute atomic E-state index is 0.187. The summed E-state index contributed by atoms with van der Waals surface area (Å²) in [6.07, 6.45) is 0. The Morgan fingerprint density at radius 1 is 1.42 bits per heavy atom. The molecule has 0 fully saturated rings. The van der Waals surface area contributed by atoms with Gasteiger partial charge in [0, 0.05) is 19.3 Å². The Labute approximate surface area is 119 Å². The van der Waals surface area contributed by atoms with Gasteiger partial charge in [-0.25, -0.2) is 0 Å². The van der Waals surface area contributed by atoms with E-state index in [-0.39, 0.29) is 5.91 Å². The molecule has 1 amide bonds. The van der Waals surface area contributed by atoms with E-state index in [0.29, 0.717) is 29.0 Å². The van der Waals surface area contributed by atoms with Crippen molar-refractivity contribution in [2.45, 2.75) is 13.8 Å². The van der Waals surface area contributed by atoms with E-state index >= 15 is 0 Å². The number of rotatable bonds is 6. The van der Waals surface area contributed by atoms with Gasteiger partial charge in [-0.1, -0.05) is 25.4 Å². The average molecular weight is 284 g/mol. The molecule has 0 heterocycles. The van der Waals surface area contributed by atoms with Crippen LogP contribution in [-0.2, 0) is 0 Å². The summed E-state index contributed by atoms with van der Waals surface area (Å²) in [6.45, 7) is 5.72. The second kappa shape index (κ2) is 7.36. The van der Waals surface area contributed by atoms with Crippen LogP contribution in [0.15, 0.2) is 18.2 Å². The van der Waals surface area contributed by atoms with Gasteiger partial charge in [0.05, 0.1) is 10.6 Å². The second-order valence-electron chi connectivity index (χ2n) is 4.89. The molecule has 106 valence electrons. The van der Waals surface area contributed by atoms with Crippen molar-refractivity contribution in [1.82, 2.24) is 5.32 Å². The monoisotopic (exact) mass is 283 g/mol. The van der Waals surface area contributed by atoms with Crippen molar-refractivity contribution < 1.29 is 4.79 Å². The van der Waals surface area contributed by atoms with E-state index in [4.69, 9.17) is 17.3 Å². The van der Waals surface area contributed by atoms with Gasteiger partial charge in [0.1, 0.15) is 0 Å². The zero-order chi connectivity index (χ0) is 14.4. The van der Waals surface area contributed by atoms with E-state index in [9.17, 15) is 4.79 Å². The van der Waals surface area contributed by atoms with E-state index < -0.39 is 0 Å². The summed E-state index contributed by atoms with van der Waals surface area (Å²) >= 11 is 6.00. The minimum Gasteiger partial charge on any atom is -0.385 e. The third-order valence-electron chi connectivity index (χ3n) is 3.25. The molecule has 0 aliphatic heterocycles. The summed E-state index contributed by atoms with van der Waals surface area (Å²) < 4.78 is 0. The molecular formula is C14H22ClN3O. The van der Waals surface area contributed by atoms with Crippen LogP contribution in [0.25, 0.3) is 0 Å². The number of nitrogens with one attached hydrogen (secondary N) is 2. The molecule has 0 saturated carbocycles. The molecular weight excluding hydrogens is 262 g/mol. The van der Waals surface area contributed by atoms with Crippen molar-refractivity contribution >= 4 is 23.2 Å². The zero-order valence-corrected chi connectivity index (χ0v) is 12.4. The van der Waals surface area contributed by atoms with Crippen molar-refractivity contribution in [2.75, 3.05) is 25.5 Å². The number of carbonyl (C=O) groups excluding carboxylic acids is 1. The second-order valence-corrected chi connectivity index (χ2v) is 5.30. The molecule has 1 aromatic rings. The van der Waals surface area contributed by atoms with Crippen molar-refractivity contribution in [1.29, 1.82) is 0 Å². The molecule has 0 saturated heterocycles. The smallest absolute Gasteiger partial charge is 0.252 e. The van der Waals surface area contributed by atoms with Gasteiger partial charge in [0.25, 0.3) is 5.91 Å². The Morgan fingerprint density at radius 3 is 2.63 bits per heavy atom. The number of halogens is 1. The van der Waals surface area contributed by atoms with Crippen molar-refractivity contribution in [2.24, 2.45) is 17.6 Å². The molecule has 0 spiro atoms. The largest absolute Gasteiger partial charge is 0.385 e. The lowest BCUT2D eigenvalue weighted by atomic mass is 9.96. The molecule has 1 rings (SSSR count). The van der Waals surface area contributed by atoms with Gasteiger partial charge >= 0.3 is 0 Å². The molecule has 1 unspecified atom stereocenters. The summed E-state index contributed by atoms with van der Waals surface area (Å²) in [5, 5.41) is 6.33. The number of carbonyl (C=O) groups is 1. The third-order valence-corrected chi connectivity index (χ3v) is 3.58. The predicted molar refractivity (Wildman–Crippen MR) is 80.7 cm³/mol. The maximum atomic E-state index is 11.6. The molecule has 0 radical (unpaired) electrons. The first-order chi connectivity index (χ1) is 8.99. The number of nitrogens with two attached hydrogens (primary N) is 1. The molecule has 0 aromatic heterocycles. The first-order valence-electron chi connectivity index (χ1n) is 6.45. The van der Waals surface area contributed by atoms with Gasteiger partial charge in [-0.2, -0.15) is 0 Å². The number of hydrogen-bond donors (Lipinski definition) is 3. The number of amides is 1. The molecule has 0 aliphatic carbocycles. The van der Waals surface area contributed by atoms with E-state index in [1.165, 1.54) is 0 Å². The normalized spacial score (nSPS) is 12.3. The zero-order valence-electron chi connectivity index (χ0n) is 11.7. The fourth-order valence-corrected chi connectivity index (χ4v) is 1.99. The van der Waals surface area contributed by atoms with Crippen LogP contribution in [-0.4, -0.2) is 26.0 Å². The summed E-state index contributed by atoms with van der Waals surface area (Å²) in [7, 11) is 1.59. The van der Waals surface area contributed by atoms with Crippen LogP contribution in [0.4, 0.5) is 5.69 Å². The Morgan fingerprint density at radius 2 is 2.11 bits per heavy atom. The van der Waals surface area contributed by atoms with E-state index in [1.807, 2.05) is 6.07 Å². The van der Waals surface area contributed by atoms with Crippen LogP contribution in [0.3, 0.4) is 0 Å². The first kappa shape index (κ1) is 15.8. The van der Waals surface area contributed by atoms with Crippen molar-refractivity contribution in [3.05, 3.63) is 28.8 Å². The van der Waals surface area contributed by atoms with Gasteiger partial charge in [-0.3, -0.25) is 4.79 Å². The quantitative estimate of drug-likeness (QED) is 0.751. The summed E-state index contributed by atoms with van der Waals surface area (Å²) in [6, 6.07) is 5.35. The molecule has 19 heavy (non-hydrogen) atoms. The van der Waals surface area contributed by atoms with Crippen LogP contribution in [0.2, 0.25) is 5.02 Å². The lowest BCUT2D eigenvalue weighted by molar-refractivity contribution is 0.0963. The number of benzene rings is 1. The summed E-state index contributed by atoms with van der Waals surface area (Å²) in [4.78, 5) is 11.6. The van der Waals surface area contributed by atoms with Crippen LogP contribution in [0.1, 0.15) is 24.2 Å². The molecule has 1 atom stereocenters. The van der Waals surface area contributed by atoms with Crippen molar-refractivity contribution in [3.8, 4) is 0 Å². The lowest BCUT2D eigenvalue weighted by Gasteiger charge is -2.20. The Bertz CT molecular complexity index is 435. The number of hydrogen-bond acceptors (Lipinski definition) is 3. The Hall–Kier alpha value is -1.26. The summed E-state index contributed by atoms with van der Waals surface area (Å²) in [5.74, 6) is 0.732. The maximum absolute atomic E-state index is 11.6. The topological polar surface area (TPSA) is 67.2 Å². The molecule has 4 nitrogen and oxygen atoms in total. The van der Waals surface area contributed by atoms with Crippen molar-refractivity contribution in [3.63, 3.8) is 0 Å². The van der Waals surface area contributed by atoms with Gasteiger partial charge in [-0.15, -0.1) is 0 Å². The van der Waals surface area contributed by atoms with Gasteiger partial charge in [-0.05, 0) is 36.6 Å². The minimum atomic E-state index is -0.187. The Balaban J connectivity index is 2.77. The molecule has 1 aromatic carbocycles. The average Bonchev–Trinajstić information content (AvgIpc) is 2.40. The van der Waals surface area contributed by atoms with Gasteiger partial charge in [0.2, 0.25) is 0 Å². The van der Waals surface area contributed by atoms with E-state index in [1.54, 1.807) is 19.2 Å². The van der Waals surface area contributed by atoms with Crippen LogP contribution >= 0.6 is 11.6 Å². The first-order valence-corrected chi connectivity index (χ1v) is 6.83. The fourth-order valence-electron chi connectivity index (χ4n) is 1.78. The SMILES string of the molecule is CNC(=O)c1cc(NCC(CN)C(C)C)ccc1Cl. The third kappa shape index (κ3) is 4.40. The van der Waals surface area contributed by atoms with Gasteiger partial charge in [0.15, 0.2) is 0 Å². The van der Waals surface area contributed by atoms with Crippen LogP contribution < -0.4 is 16.4 Å². The predicted octanol–water partition coefficient (Wildman–Crippen LogP) is 2.34. The standard InChI is InChI=1S/C14H22ClN3O/c1-9(2)10(7-16)8-18-11-4-5-13(15)12(6-11)14(19)17-3/h4-6,9-10,18H,7-8,16H2,1-3H3,(H,17,19). The van der Waals surface area contributed by atoms with E-state index in [0.717, 1.165) is 12.2 Å². The Kier molecular flexibility index (Phi) is 6.12. The molecule has 5 heteroatoms. The van der Waals surface area contributed by atoms with E-state index in [2.05, 4.69) is 24.5 Å². The highest BCUT2D eigenvalue weighted by Gasteiger charge is 2.13. The highest BCUT2D eigenvalue weighted by atomic mass is 35.5.